The average Bonchev–Trinajstić information content (AvgIpc) is 3.32. The van der Waals surface area contributed by atoms with Crippen molar-refractivity contribution in [1.29, 1.82) is 0 Å². The van der Waals surface area contributed by atoms with E-state index in [1.807, 2.05) is 0 Å². The van der Waals surface area contributed by atoms with E-state index in [0.29, 0.717) is 5.69 Å². The molecule has 1 amide bonds. The molecule has 1 saturated carbocycles. The Kier molecular flexibility index (Phi) is 4.85. The molecule has 1 heterocycles. The zero-order chi connectivity index (χ0) is 19.9. The number of carbonyl (C=O) groups is 1. The Balaban J connectivity index is 1.87. The number of alkyl halides is 3. The Morgan fingerprint density at radius 3 is 2.63 bits per heavy atom. The van der Waals surface area contributed by atoms with Crippen LogP contribution < -0.4 is 5.32 Å². The van der Waals surface area contributed by atoms with E-state index >= 15 is 0 Å². The second-order valence-corrected chi connectivity index (χ2v) is 6.66. The number of hydrogen-bond acceptors (Lipinski definition) is 4. The smallest absolute Gasteiger partial charge is 0.323 e. The van der Waals surface area contributed by atoms with Crippen molar-refractivity contribution in [3.63, 3.8) is 0 Å². The third-order valence-electron chi connectivity index (χ3n) is 4.22. The highest BCUT2D eigenvalue weighted by Crippen LogP contribution is 2.43. The van der Waals surface area contributed by atoms with Crippen LogP contribution in [0.15, 0.2) is 24.3 Å². The molecule has 11 heteroatoms. The van der Waals surface area contributed by atoms with E-state index in [4.69, 9.17) is 11.6 Å². The Morgan fingerprint density at radius 1 is 1.41 bits per heavy atom. The Hall–Kier alpha value is -2.62. The van der Waals surface area contributed by atoms with Crippen LogP contribution in [0.1, 0.15) is 43.1 Å². The molecular formula is C16H14ClF3N4O3. The van der Waals surface area contributed by atoms with Crippen molar-refractivity contribution in [2.75, 3.05) is 5.32 Å². The first-order chi connectivity index (χ1) is 12.6. The van der Waals surface area contributed by atoms with Gasteiger partial charge in [0.15, 0.2) is 5.69 Å². The molecule has 2 aromatic rings. The zero-order valence-corrected chi connectivity index (χ0v) is 14.7. The first-order valence-electron chi connectivity index (χ1n) is 7.99. The fraction of sp³-hybridized carbons (Fsp3) is 0.375. The summed E-state index contributed by atoms with van der Waals surface area (Å²) in [5, 5.41) is 16.9. The second-order valence-electron chi connectivity index (χ2n) is 6.26. The highest BCUT2D eigenvalue weighted by molar-refractivity contribution is 6.33. The number of hydrogen-bond donors (Lipinski definition) is 1. The summed E-state index contributed by atoms with van der Waals surface area (Å²) in [6.45, 7) is 1.40. The van der Waals surface area contributed by atoms with Gasteiger partial charge in [-0.1, -0.05) is 11.6 Å². The number of nitrogens with one attached hydrogen (secondary N) is 1. The number of rotatable bonds is 5. The summed E-state index contributed by atoms with van der Waals surface area (Å²) in [5.41, 5.74) is -0.995. The number of benzene rings is 1. The van der Waals surface area contributed by atoms with Crippen LogP contribution >= 0.6 is 11.6 Å². The molecule has 1 aliphatic carbocycles. The fourth-order valence-electron chi connectivity index (χ4n) is 2.61. The van der Waals surface area contributed by atoms with Crippen LogP contribution in [0, 0.1) is 10.1 Å². The molecule has 144 valence electrons. The molecule has 1 unspecified atom stereocenters. The normalized spacial score (nSPS) is 15.4. The minimum absolute atomic E-state index is 0.00103. The Bertz CT molecular complexity index is 909. The van der Waals surface area contributed by atoms with Crippen LogP contribution in [-0.2, 0) is 11.0 Å². The molecule has 1 aromatic carbocycles. The largest absolute Gasteiger partial charge is 0.435 e. The summed E-state index contributed by atoms with van der Waals surface area (Å²) >= 11 is 5.94. The summed E-state index contributed by atoms with van der Waals surface area (Å²) in [7, 11) is 0. The molecule has 27 heavy (non-hydrogen) atoms. The number of aromatic nitrogens is 2. The first kappa shape index (κ1) is 19.2. The van der Waals surface area contributed by atoms with Crippen molar-refractivity contribution in [2.24, 2.45) is 0 Å². The average molecular weight is 403 g/mol. The zero-order valence-electron chi connectivity index (χ0n) is 14.0. The lowest BCUT2D eigenvalue weighted by molar-refractivity contribution is -0.384. The molecule has 1 aliphatic rings. The lowest BCUT2D eigenvalue weighted by Gasteiger charge is -2.16. The highest BCUT2D eigenvalue weighted by atomic mass is 35.5. The standard InChI is InChI=1S/C16H14ClF3N4O3/c1-8(15(25)21-12-6-10(24(26)27)4-5-11(12)17)23-13(9-2-3-9)7-14(22-23)16(18,19)20/h4-9H,2-3H2,1H3,(H,21,25). The number of nitrogens with zero attached hydrogens (tertiary/aromatic N) is 3. The minimum atomic E-state index is -4.62. The van der Waals surface area contributed by atoms with Gasteiger partial charge in [0.25, 0.3) is 5.69 Å². The van der Waals surface area contributed by atoms with Gasteiger partial charge < -0.3 is 5.32 Å². The molecule has 1 atom stereocenters. The molecule has 3 rings (SSSR count). The van der Waals surface area contributed by atoms with E-state index in [-0.39, 0.29) is 22.3 Å². The third-order valence-corrected chi connectivity index (χ3v) is 4.55. The van der Waals surface area contributed by atoms with E-state index in [0.717, 1.165) is 29.7 Å². The minimum Gasteiger partial charge on any atom is -0.323 e. The van der Waals surface area contributed by atoms with Crippen LogP contribution in [0.5, 0.6) is 0 Å². The molecule has 0 saturated heterocycles. The van der Waals surface area contributed by atoms with Crippen molar-refractivity contribution < 1.29 is 22.9 Å². The number of amides is 1. The van der Waals surface area contributed by atoms with E-state index in [9.17, 15) is 28.1 Å². The molecule has 0 bridgehead atoms. The number of non-ortho nitro benzene ring substituents is 1. The topological polar surface area (TPSA) is 90.1 Å². The Morgan fingerprint density at radius 2 is 2.07 bits per heavy atom. The molecule has 1 fully saturated rings. The van der Waals surface area contributed by atoms with Crippen molar-refractivity contribution in [2.45, 2.75) is 37.9 Å². The van der Waals surface area contributed by atoms with Crippen LogP contribution in [0.3, 0.4) is 0 Å². The highest BCUT2D eigenvalue weighted by Gasteiger charge is 2.39. The van der Waals surface area contributed by atoms with Gasteiger partial charge in [0.05, 0.1) is 15.6 Å². The molecule has 0 spiro atoms. The lowest BCUT2D eigenvalue weighted by atomic mass is 10.2. The first-order valence-corrected chi connectivity index (χ1v) is 8.37. The maximum atomic E-state index is 13.0. The number of carbonyl (C=O) groups excluding carboxylic acids is 1. The number of halogens is 4. The SMILES string of the molecule is CC(C(=O)Nc1cc([N+](=O)[O-])ccc1Cl)n1nc(C(F)(F)F)cc1C1CC1. The van der Waals surface area contributed by atoms with E-state index in [2.05, 4.69) is 10.4 Å². The maximum absolute atomic E-state index is 13.0. The van der Waals surface area contributed by atoms with E-state index < -0.39 is 28.7 Å². The van der Waals surface area contributed by atoms with Gasteiger partial charge in [-0.05, 0) is 31.9 Å². The summed E-state index contributed by atoms with van der Waals surface area (Å²) in [4.78, 5) is 22.7. The van der Waals surface area contributed by atoms with Crippen molar-refractivity contribution in [3.05, 3.63) is 50.8 Å². The summed E-state index contributed by atoms with van der Waals surface area (Å²) < 4.78 is 40.0. The molecule has 1 aromatic heterocycles. The van der Waals surface area contributed by atoms with E-state index in [1.165, 1.54) is 19.1 Å². The maximum Gasteiger partial charge on any atom is 0.435 e. The van der Waals surface area contributed by atoms with Crippen molar-refractivity contribution in [3.8, 4) is 0 Å². The molecule has 0 radical (unpaired) electrons. The van der Waals surface area contributed by atoms with Gasteiger partial charge in [0.1, 0.15) is 6.04 Å². The van der Waals surface area contributed by atoms with Crippen LogP contribution in [0.25, 0.3) is 0 Å². The van der Waals surface area contributed by atoms with E-state index in [1.54, 1.807) is 0 Å². The predicted molar refractivity (Wildman–Crippen MR) is 90.7 cm³/mol. The third kappa shape index (κ3) is 4.05. The summed E-state index contributed by atoms with van der Waals surface area (Å²) in [5.74, 6) is -0.749. The second kappa shape index (κ2) is 6.84. The van der Waals surface area contributed by atoms with Gasteiger partial charge in [0, 0.05) is 23.7 Å². The fourth-order valence-corrected chi connectivity index (χ4v) is 2.78. The number of anilines is 1. The monoisotopic (exact) mass is 402 g/mol. The number of nitro groups is 1. The van der Waals surface area contributed by atoms with Crippen molar-refractivity contribution in [1.82, 2.24) is 9.78 Å². The van der Waals surface area contributed by atoms with Crippen molar-refractivity contribution >= 4 is 28.9 Å². The van der Waals surface area contributed by atoms with Gasteiger partial charge >= 0.3 is 6.18 Å². The molecule has 0 aliphatic heterocycles. The number of nitro benzene ring substituents is 1. The van der Waals surface area contributed by atoms with Gasteiger partial charge in [0.2, 0.25) is 5.91 Å². The molecule has 7 nitrogen and oxygen atoms in total. The van der Waals surface area contributed by atoms with Crippen LogP contribution in [-0.4, -0.2) is 20.6 Å². The lowest BCUT2D eigenvalue weighted by Crippen LogP contribution is -2.26. The van der Waals surface area contributed by atoms with Gasteiger partial charge in [-0.15, -0.1) is 0 Å². The summed E-state index contributed by atoms with van der Waals surface area (Å²) in [6, 6.07) is 3.41. The van der Waals surface area contributed by atoms with Crippen LogP contribution in [0.4, 0.5) is 24.5 Å². The predicted octanol–water partition coefficient (Wildman–Crippen LogP) is 4.54. The van der Waals surface area contributed by atoms with Gasteiger partial charge in [-0.2, -0.15) is 18.3 Å². The summed E-state index contributed by atoms with van der Waals surface area (Å²) in [6.07, 6.45) is -3.16. The van der Waals surface area contributed by atoms with Gasteiger partial charge in [-0.25, -0.2) is 0 Å². The molecule has 1 N–H and O–H groups in total. The van der Waals surface area contributed by atoms with Gasteiger partial charge in [-0.3, -0.25) is 19.6 Å². The van der Waals surface area contributed by atoms with Crippen LogP contribution in [0.2, 0.25) is 5.02 Å². The molecular weight excluding hydrogens is 389 g/mol. The quantitative estimate of drug-likeness (QED) is 0.587. The Labute approximate surface area is 156 Å².